The molecule has 0 saturated carbocycles. The smallest absolute Gasteiger partial charge is 0.340 e. The lowest BCUT2D eigenvalue weighted by molar-refractivity contribution is -0.148. The van der Waals surface area contributed by atoms with Gasteiger partial charge in [-0.15, -0.1) is 10.2 Å². The predicted molar refractivity (Wildman–Crippen MR) is 96.9 cm³/mol. The molecule has 1 saturated heterocycles. The Morgan fingerprint density at radius 1 is 1.10 bits per heavy atom. The summed E-state index contributed by atoms with van der Waals surface area (Å²) in [5, 5.41) is 6.92. The van der Waals surface area contributed by atoms with Crippen LogP contribution in [0.1, 0.15) is 35.9 Å². The highest BCUT2D eigenvalue weighted by molar-refractivity contribution is 5.79. The summed E-state index contributed by atoms with van der Waals surface area (Å²) >= 11 is 0. The van der Waals surface area contributed by atoms with Crippen molar-refractivity contribution in [2.75, 3.05) is 24.5 Å². The van der Waals surface area contributed by atoms with Crippen LogP contribution in [0.4, 0.5) is 19.1 Å². The van der Waals surface area contributed by atoms with Crippen molar-refractivity contribution in [1.82, 2.24) is 29.6 Å². The molecule has 8 nitrogen and oxygen atoms in total. The molecule has 2 aromatic heterocycles. The molecule has 4 heterocycles. The van der Waals surface area contributed by atoms with E-state index in [1.54, 1.807) is 4.90 Å². The zero-order valence-corrected chi connectivity index (χ0v) is 16.3. The van der Waals surface area contributed by atoms with Crippen LogP contribution >= 0.6 is 0 Å². The van der Waals surface area contributed by atoms with E-state index in [0.29, 0.717) is 12.5 Å². The highest BCUT2D eigenvalue weighted by atomic mass is 19.4. The van der Waals surface area contributed by atoms with Gasteiger partial charge >= 0.3 is 6.18 Å². The maximum atomic E-state index is 13.1. The fourth-order valence-electron chi connectivity index (χ4n) is 4.02. The van der Waals surface area contributed by atoms with E-state index in [9.17, 15) is 18.0 Å². The Kier molecular flexibility index (Phi) is 4.91. The van der Waals surface area contributed by atoms with Gasteiger partial charge < -0.3 is 14.4 Å². The second kappa shape index (κ2) is 7.27. The molecule has 0 aromatic carbocycles. The molecular weight excluding hydrogens is 387 g/mol. The fraction of sp³-hybridized carbons (Fsp3) is 0.611. The topological polar surface area (TPSA) is 80.0 Å². The third kappa shape index (κ3) is 3.90. The molecule has 0 radical (unpaired) electrons. The average Bonchev–Trinajstić information content (AvgIpc) is 3.10. The van der Waals surface area contributed by atoms with Gasteiger partial charge in [0.1, 0.15) is 0 Å². The van der Waals surface area contributed by atoms with E-state index in [2.05, 4.69) is 20.2 Å². The maximum absolute atomic E-state index is 13.1. The van der Waals surface area contributed by atoms with Crippen molar-refractivity contribution >= 4 is 11.9 Å². The zero-order valence-electron chi connectivity index (χ0n) is 16.3. The summed E-state index contributed by atoms with van der Waals surface area (Å²) in [5.41, 5.74) is 1.74. The largest absolute Gasteiger partial charge is 0.451 e. The van der Waals surface area contributed by atoms with Crippen molar-refractivity contribution in [3.8, 4) is 0 Å². The van der Waals surface area contributed by atoms with Crippen molar-refractivity contribution < 1.29 is 18.0 Å². The van der Waals surface area contributed by atoms with E-state index in [4.69, 9.17) is 0 Å². The van der Waals surface area contributed by atoms with Gasteiger partial charge in [-0.05, 0) is 32.8 Å². The predicted octanol–water partition coefficient (Wildman–Crippen LogP) is 1.96. The van der Waals surface area contributed by atoms with Gasteiger partial charge in [-0.1, -0.05) is 0 Å². The van der Waals surface area contributed by atoms with E-state index in [0.717, 1.165) is 35.3 Å². The lowest BCUT2D eigenvalue weighted by Gasteiger charge is -2.36. The Bertz CT molecular complexity index is 906. The number of fused-ring (bicyclic) bond motifs is 1. The van der Waals surface area contributed by atoms with Gasteiger partial charge in [-0.25, -0.2) is 9.97 Å². The van der Waals surface area contributed by atoms with Crippen LogP contribution in [0.25, 0.3) is 0 Å². The number of carbonyl (C=O) groups excluding carboxylic acids is 1. The summed E-state index contributed by atoms with van der Waals surface area (Å²) in [6, 6.07) is 1.90. The average molecular weight is 409 g/mol. The molecule has 0 aliphatic carbocycles. The van der Waals surface area contributed by atoms with E-state index in [-0.39, 0.29) is 37.3 Å². The van der Waals surface area contributed by atoms with E-state index < -0.39 is 12.0 Å². The normalized spacial score (nSPS) is 20.0. The molecule has 1 atom stereocenters. The Labute approximate surface area is 165 Å². The van der Waals surface area contributed by atoms with E-state index >= 15 is 0 Å². The number of carbonyl (C=O) groups is 1. The first-order valence-corrected chi connectivity index (χ1v) is 9.57. The monoisotopic (exact) mass is 409 g/mol. The number of aryl methyl sites for hydroxylation is 2. The molecule has 11 heteroatoms. The Morgan fingerprint density at radius 2 is 1.83 bits per heavy atom. The van der Waals surface area contributed by atoms with Crippen LogP contribution in [0.15, 0.2) is 6.07 Å². The molecule has 29 heavy (non-hydrogen) atoms. The Balaban J connectivity index is 1.46. The standard InChI is InChI=1S/C18H22F3N7O/c1-11-8-12(2)23-17(22-11)27-5-3-4-13(9-27)15(29)26-6-7-28-14(10-26)24-25-16(28)18(19,20)21/h8,13H,3-7,9-10H2,1-2H3. The molecule has 156 valence electrons. The van der Waals surface area contributed by atoms with Crippen LogP contribution in [0, 0.1) is 19.8 Å². The van der Waals surface area contributed by atoms with E-state index in [1.807, 2.05) is 24.8 Å². The molecule has 1 fully saturated rings. The molecule has 0 N–H and O–H groups in total. The number of alkyl halides is 3. The molecule has 2 aliphatic heterocycles. The minimum atomic E-state index is -4.55. The second-order valence-corrected chi connectivity index (χ2v) is 7.58. The number of hydrogen-bond donors (Lipinski definition) is 0. The number of aromatic nitrogens is 5. The molecule has 4 rings (SSSR count). The molecular formula is C18H22F3N7O. The number of rotatable bonds is 2. The third-order valence-corrected chi connectivity index (χ3v) is 5.34. The molecule has 0 spiro atoms. The number of halogens is 3. The van der Waals surface area contributed by atoms with Gasteiger partial charge in [0.05, 0.1) is 12.5 Å². The molecule has 2 aliphatic rings. The minimum Gasteiger partial charge on any atom is -0.340 e. The van der Waals surface area contributed by atoms with Gasteiger partial charge in [-0.3, -0.25) is 4.79 Å². The molecule has 1 unspecified atom stereocenters. The number of anilines is 1. The summed E-state index contributed by atoms with van der Waals surface area (Å²) in [5.74, 6) is -0.530. The lowest BCUT2D eigenvalue weighted by atomic mass is 9.96. The Morgan fingerprint density at radius 3 is 2.52 bits per heavy atom. The zero-order chi connectivity index (χ0) is 20.8. The number of nitrogens with zero attached hydrogens (tertiary/aromatic N) is 7. The first-order chi connectivity index (χ1) is 13.7. The highest BCUT2D eigenvalue weighted by Gasteiger charge is 2.40. The van der Waals surface area contributed by atoms with Crippen LogP contribution in [0.5, 0.6) is 0 Å². The number of amides is 1. The van der Waals surface area contributed by atoms with Crippen LogP contribution in [-0.2, 0) is 24.1 Å². The van der Waals surface area contributed by atoms with E-state index in [1.165, 1.54) is 0 Å². The van der Waals surface area contributed by atoms with Crippen molar-refractivity contribution in [2.24, 2.45) is 5.92 Å². The summed E-state index contributed by atoms with van der Waals surface area (Å²) in [4.78, 5) is 25.6. The van der Waals surface area contributed by atoms with Crippen LogP contribution in [0.3, 0.4) is 0 Å². The van der Waals surface area contributed by atoms with Gasteiger partial charge in [0, 0.05) is 37.6 Å². The second-order valence-electron chi connectivity index (χ2n) is 7.58. The number of hydrogen-bond acceptors (Lipinski definition) is 6. The van der Waals surface area contributed by atoms with Gasteiger partial charge in [0.25, 0.3) is 0 Å². The first-order valence-electron chi connectivity index (χ1n) is 9.57. The van der Waals surface area contributed by atoms with Crippen molar-refractivity contribution in [3.63, 3.8) is 0 Å². The summed E-state index contributed by atoms with van der Waals surface area (Å²) in [6.45, 7) is 5.38. The Hall–Kier alpha value is -2.72. The summed E-state index contributed by atoms with van der Waals surface area (Å²) in [7, 11) is 0. The van der Waals surface area contributed by atoms with Gasteiger partial charge in [0.2, 0.25) is 17.7 Å². The van der Waals surface area contributed by atoms with Crippen LogP contribution in [-0.4, -0.2) is 55.2 Å². The van der Waals surface area contributed by atoms with Crippen LogP contribution < -0.4 is 4.90 Å². The van der Waals surface area contributed by atoms with Crippen molar-refractivity contribution in [1.29, 1.82) is 0 Å². The molecule has 0 bridgehead atoms. The molecule has 1 amide bonds. The SMILES string of the molecule is Cc1cc(C)nc(N2CCCC(C(=O)N3CCn4c(nnc4C(F)(F)F)C3)C2)n1. The summed E-state index contributed by atoms with van der Waals surface area (Å²) < 4.78 is 40.0. The minimum absolute atomic E-state index is 0.0401. The maximum Gasteiger partial charge on any atom is 0.451 e. The highest BCUT2D eigenvalue weighted by Crippen LogP contribution is 2.30. The quantitative estimate of drug-likeness (QED) is 0.755. The van der Waals surface area contributed by atoms with Gasteiger partial charge in [0.15, 0.2) is 5.82 Å². The fourth-order valence-corrected chi connectivity index (χ4v) is 4.02. The molecule has 2 aromatic rings. The lowest BCUT2D eigenvalue weighted by Crippen LogP contribution is -2.47. The van der Waals surface area contributed by atoms with Crippen molar-refractivity contribution in [2.45, 2.75) is 46.0 Å². The first kappa shape index (κ1) is 19.6. The summed E-state index contributed by atoms with van der Waals surface area (Å²) in [6.07, 6.45) is -2.99. The number of piperidine rings is 1. The van der Waals surface area contributed by atoms with Gasteiger partial charge in [-0.2, -0.15) is 13.2 Å². The van der Waals surface area contributed by atoms with Crippen molar-refractivity contribution in [3.05, 3.63) is 29.1 Å². The third-order valence-electron chi connectivity index (χ3n) is 5.34. The van der Waals surface area contributed by atoms with Crippen LogP contribution in [0.2, 0.25) is 0 Å².